The van der Waals surface area contributed by atoms with Crippen molar-refractivity contribution in [1.29, 1.82) is 0 Å². The van der Waals surface area contributed by atoms with Gasteiger partial charge in [-0.1, -0.05) is 63.1 Å². The fraction of sp³-hybridized carbons (Fsp3) is 0.444. The molecule has 0 spiro atoms. The predicted molar refractivity (Wildman–Crippen MR) is 96.7 cm³/mol. The predicted octanol–water partition coefficient (Wildman–Crippen LogP) is 3.20. The molecule has 2 rings (SSSR count). The lowest BCUT2D eigenvalue weighted by Crippen LogP contribution is -2.36. The second-order valence-electron chi connectivity index (χ2n) is 5.98. The lowest BCUT2D eigenvalue weighted by Gasteiger charge is -2.20. The van der Waals surface area contributed by atoms with Crippen molar-refractivity contribution >= 4 is 20.8 Å². The molecule has 3 N–H and O–H groups in total. The average Bonchev–Trinajstić information content (AvgIpc) is 2.57. The molecule has 1 atom stereocenters. The smallest absolute Gasteiger partial charge is 0.212 e. The summed E-state index contributed by atoms with van der Waals surface area (Å²) in [5.41, 5.74) is 6.73. The van der Waals surface area contributed by atoms with E-state index in [1.165, 1.54) is 0 Å². The number of rotatable bonds is 8. The van der Waals surface area contributed by atoms with Crippen molar-refractivity contribution in [1.82, 2.24) is 4.72 Å². The van der Waals surface area contributed by atoms with E-state index in [9.17, 15) is 8.42 Å². The molecule has 0 aromatic heterocycles. The van der Waals surface area contributed by atoms with Crippen molar-refractivity contribution in [3.8, 4) is 0 Å². The number of sulfonamides is 1. The zero-order chi connectivity index (χ0) is 16.9. The van der Waals surface area contributed by atoms with Crippen LogP contribution in [-0.4, -0.2) is 20.7 Å². The summed E-state index contributed by atoms with van der Waals surface area (Å²) in [6.45, 7) is 4.28. The summed E-state index contributed by atoms with van der Waals surface area (Å²) in [5.74, 6) is 0.340. The summed E-state index contributed by atoms with van der Waals surface area (Å²) >= 11 is 0. The Bertz CT molecular complexity index is 740. The fourth-order valence-electron chi connectivity index (χ4n) is 2.78. The summed E-state index contributed by atoms with van der Waals surface area (Å²) < 4.78 is 27.6. The molecule has 0 saturated carbocycles. The van der Waals surface area contributed by atoms with Gasteiger partial charge < -0.3 is 5.73 Å². The van der Waals surface area contributed by atoms with Crippen LogP contribution in [0.2, 0.25) is 0 Å². The Morgan fingerprint density at radius 3 is 2.30 bits per heavy atom. The Labute approximate surface area is 139 Å². The normalized spacial score (nSPS) is 13.6. The van der Waals surface area contributed by atoms with E-state index in [-0.39, 0.29) is 24.3 Å². The van der Waals surface area contributed by atoms with Gasteiger partial charge in [0, 0.05) is 6.54 Å². The molecule has 0 aliphatic heterocycles. The van der Waals surface area contributed by atoms with Crippen LogP contribution in [0.4, 0.5) is 0 Å². The zero-order valence-corrected chi connectivity index (χ0v) is 14.6. The molecule has 0 aliphatic carbocycles. The highest BCUT2D eigenvalue weighted by Crippen LogP contribution is 2.21. The molecule has 5 heteroatoms. The van der Waals surface area contributed by atoms with Crippen LogP contribution in [-0.2, 0) is 10.0 Å². The third kappa shape index (κ3) is 4.77. The Hall–Kier alpha value is -1.43. The molecule has 4 nitrogen and oxygen atoms in total. The molecule has 2 aromatic rings. The highest BCUT2D eigenvalue weighted by atomic mass is 32.2. The minimum absolute atomic E-state index is 0.157. The second-order valence-corrected chi connectivity index (χ2v) is 7.78. The molecule has 0 heterocycles. The van der Waals surface area contributed by atoms with E-state index in [2.05, 4.69) is 4.72 Å². The van der Waals surface area contributed by atoms with Gasteiger partial charge in [0.25, 0.3) is 0 Å². The fourth-order valence-corrected chi connectivity index (χ4v) is 4.63. The number of nitrogens with two attached hydrogens (primary N) is 1. The molecular weight excluding hydrogens is 308 g/mol. The monoisotopic (exact) mass is 334 g/mol. The Balaban J connectivity index is 2.20. The number of benzene rings is 2. The Morgan fingerprint density at radius 2 is 1.70 bits per heavy atom. The van der Waals surface area contributed by atoms with Crippen LogP contribution in [0.5, 0.6) is 0 Å². The van der Waals surface area contributed by atoms with Gasteiger partial charge in [-0.25, -0.2) is 13.1 Å². The molecule has 0 saturated heterocycles. The molecular formula is C18H26N2O2S. The van der Waals surface area contributed by atoms with Crippen molar-refractivity contribution < 1.29 is 8.42 Å². The molecule has 0 fully saturated rings. The highest BCUT2D eigenvalue weighted by Gasteiger charge is 2.21. The number of nitrogens with one attached hydrogen (secondary N) is 1. The van der Waals surface area contributed by atoms with E-state index < -0.39 is 10.0 Å². The van der Waals surface area contributed by atoms with E-state index in [4.69, 9.17) is 5.73 Å². The summed E-state index contributed by atoms with van der Waals surface area (Å²) in [6, 6.07) is 13.6. The van der Waals surface area contributed by atoms with Crippen LogP contribution >= 0.6 is 0 Å². The van der Waals surface area contributed by atoms with Crippen LogP contribution in [0.15, 0.2) is 42.5 Å². The first-order valence-electron chi connectivity index (χ1n) is 8.17. The Kier molecular flexibility index (Phi) is 6.16. The molecule has 0 radical (unpaired) electrons. The maximum atomic E-state index is 12.4. The molecule has 0 amide bonds. The lowest BCUT2D eigenvalue weighted by atomic mass is 10.0. The summed E-state index contributed by atoms with van der Waals surface area (Å²) in [6.07, 6.45) is 1.72. The molecule has 1 unspecified atom stereocenters. The molecule has 23 heavy (non-hydrogen) atoms. The second kappa shape index (κ2) is 7.90. The van der Waals surface area contributed by atoms with Crippen molar-refractivity contribution in [2.75, 3.05) is 12.3 Å². The maximum Gasteiger partial charge on any atom is 0.212 e. The number of fused-ring (bicyclic) bond motifs is 1. The lowest BCUT2D eigenvalue weighted by molar-refractivity contribution is 0.508. The van der Waals surface area contributed by atoms with E-state index in [1.54, 1.807) is 0 Å². The summed E-state index contributed by atoms with van der Waals surface area (Å²) in [4.78, 5) is 0. The van der Waals surface area contributed by atoms with E-state index in [0.29, 0.717) is 0 Å². The van der Waals surface area contributed by atoms with Crippen LogP contribution in [0.1, 0.15) is 38.3 Å². The van der Waals surface area contributed by atoms with Gasteiger partial charge in [0.2, 0.25) is 10.0 Å². The van der Waals surface area contributed by atoms with Crippen molar-refractivity contribution in [3.05, 3.63) is 48.0 Å². The Morgan fingerprint density at radius 1 is 1.04 bits per heavy atom. The van der Waals surface area contributed by atoms with Gasteiger partial charge in [0.15, 0.2) is 0 Å². The summed E-state index contributed by atoms with van der Waals surface area (Å²) in [7, 11) is -3.35. The van der Waals surface area contributed by atoms with E-state index >= 15 is 0 Å². The molecule has 0 bridgehead atoms. The average molecular weight is 334 g/mol. The first-order valence-corrected chi connectivity index (χ1v) is 9.83. The van der Waals surface area contributed by atoms with Crippen LogP contribution in [0.3, 0.4) is 0 Å². The largest absolute Gasteiger partial charge is 0.329 e. The third-order valence-corrected chi connectivity index (χ3v) is 5.90. The molecule has 126 valence electrons. The van der Waals surface area contributed by atoms with Gasteiger partial charge >= 0.3 is 0 Å². The minimum atomic E-state index is -3.35. The number of hydrogen-bond acceptors (Lipinski definition) is 3. The van der Waals surface area contributed by atoms with Gasteiger partial charge in [-0.15, -0.1) is 0 Å². The quantitative estimate of drug-likeness (QED) is 0.779. The standard InChI is InChI=1S/C18H26N2O2S/c1-3-14(4-2)13-23(21,22)20-18(12-19)17-10-9-15-7-5-6-8-16(15)11-17/h5-11,14,18,20H,3-4,12-13,19H2,1-2H3. The highest BCUT2D eigenvalue weighted by molar-refractivity contribution is 7.89. The van der Waals surface area contributed by atoms with Crippen LogP contribution < -0.4 is 10.5 Å². The van der Waals surface area contributed by atoms with E-state index in [0.717, 1.165) is 29.2 Å². The first kappa shape index (κ1) is 17.9. The van der Waals surface area contributed by atoms with Gasteiger partial charge in [-0.05, 0) is 28.3 Å². The SMILES string of the molecule is CCC(CC)CS(=O)(=O)NC(CN)c1ccc2ccccc2c1. The zero-order valence-electron chi connectivity index (χ0n) is 13.8. The van der Waals surface area contributed by atoms with Crippen molar-refractivity contribution in [2.24, 2.45) is 11.7 Å². The van der Waals surface area contributed by atoms with Crippen LogP contribution in [0, 0.1) is 5.92 Å². The van der Waals surface area contributed by atoms with Gasteiger partial charge in [0.05, 0.1) is 11.8 Å². The third-order valence-electron chi connectivity index (χ3n) is 4.34. The molecule has 2 aromatic carbocycles. The van der Waals surface area contributed by atoms with Crippen molar-refractivity contribution in [3.63, 3.8) is 0 Å². The molecule has 0 aliphatic rings. The van der Waals surface area contributed by atoms with Gasteiger partial charge in [-0.2, -0.15) is 0 Å². The first-order chi connectivity index (χ1) is 11.0. The van der Waals surface area contributed by atoms with Gasteiger partial charge in [-0.3, -0.25) is 0 Å². The minimum Gasteiger partial charge on any atom is -0.329 e. The topological polar surface area (TPSA) is 72.2 Å². The van der Waals surface area contributed by atoms with Crippen molar-refractivity contribution in [2.45, 2.75) is 32.7 Å². The maximum absolute atomic E-state index is 12.4. The number of hydrogen-bond donors (Lipinski definition) is 2. The van der Waals surface area contributed by atoms with Crippen LogP contribution in [0.25, 0.3) is 10.8 Å². The summed E-state index contributed by atoms with van der Waals surface area (Å²) in [5, 5.41) is 2.22. The van der Waals surface area contributed by atoms with Gasteiger partial charge in [0.1, 0.15) is 0 Å². The van der Waals surface area contributed by atoms with E-state index in [1.807, 2.05) is 56.3 Å².